The second-order valence-corrected chi connectivity index (χ2v) is 3.13. The van der Waals surface area contributed by atoms with E-state index in [9.17, 15) is 4.79 Å². The molecule has 0 radical (unpaired) electrons. The third-order valence-corrected chi connectivity index (χ3v) is 1.77. The molecule has 1 aromatic heterocycles. The highest BCUT2D eigenvalue weighted by Crippen LogP contribution is 2.09. The molecule has 7 heteroatoms. The number of carbonyl (C=O) groups is 1. The van der Waals surface area contributed by atoms with Crippen LogP contribution in [0.3, 0.4) is 0 Å². The zero-order valence-electron chi connectivity index (χ0n) is 8.61. The van der Waals surface area contributed by atoms with E-state index in [1.807, 2.05) is 0 Å². The number of carbonyl (C=O) groups excluding carboxylic acids is 1. The average Bonchev–Trinajstić information content (AvgIpc) is 2.16. The van der Waals surface area contributed by atoms with Gasteiger partial charge in [-0.05, 0) is 13.8 Å². The Hall–Kier alpha value is -1.89. The Kier molecular flexibility index (Phi) is 3.40. The number of rotatable bonds is 4. The van der Waals surface area contributed by atoms with Crippen LogP contribution in [0.5, 0.6) is 0 Å². The average molecular weight is 210 g/mol. The number of aromatic nitrogens is 2. The number of amides is 1. The van der Waals surface area contributed by atoms with E-state index < -0.39 is 11.9 Å². The molecule has 1 rings (SSSR count). The van der Waals surface area contributed by atoms with Crippen molar-refractivity contribution < 1.29 is 4.79 Å². The normalized spacial score (nSPS) is 11.9. The molecule has 6 N–H and O–H groups in total. The summed E-state index contributed by atoms with van der Waals surface area (Å²) in [5, 5.41) is 2.84. The minimum absolute atomic E-state index is 0.286. The Morgan fingerprint density at radius 3 is 2.73 bits per heavy atom. The van der Waals surface area contributed by atoms with Gasteiger partial charge >= 0.3 is 0 Å². The Morgan fingerprint density at radius 1 is 1.53 bits per heavy atom. The lowest BCUT2D eigenvalue weighted by atomic mass is 10.3. The molecule has 15 heavy (non-hydrogen) atoms. The van der Waals surface area contributed by atoms with Crippen LogP contribution < -0.4 is 22.3 Å². The van der Waals surface area contributed by atoms with Gasteiger partial charge in [0.1, 0.15) is 11.9 Å². The van der Waals surface area contributed by atoms with Crippen LogP contribution in [-0.4, -0.2) is 21.9 Å². The van der Waals surface area contributed by atoms with E-state index in [2.05, 4.69) is 20.7 Å². The molecule has 0 saturated heterocycles. The number of nitrogen functional groups attached to an aromatic ring is 1. The first-order valence-corrected chi connectivity index (χ1v) is 4.41. The van der Waals surface area contributed by atoms with Crippen molar-refractivity contribution in [3.63, 3.8) is 0 Å². The van der Waals surface area contributed by atoms with Crippen molar-refractivity contribution in [1.29, 1.82) is 0 Å². The van der Waals surface area contributed by atoms with E-state index in [1.165, 1.54) is 0 Å². The zero-order chi connectivity index (χ0) is 11.4. The van der Waals surface area contributed by atoms with Crippen molar-refractivity contribution in [1.82, 2.24) is 9.97 Å². The molecule has 0 fully saturated rings. The summed E-state index contributed by atoms with van der Waals surface area (Å²) in [7, 11) is 0. The lowest BCUT2D eigenvalue weighted by molar-refractivity contribution is -0.118. The minimum atomic E-state index is -0.495. The second-order valence-electron chi connectivity index (χ2n) is 3.13. The van der Waals surface area contributed by atoms with Crippen molar-refractivity contribution in [3.8, 4) is 0 Å². The molecule has 0 aliphatic rings. The molecule has 0 aromatic carbocycles. The maximum absolute atomic E-state index is 10.8. The van der Waals surface area contributed by atoms with Gasteiger partial charge < -0.3 is 11.1 Å². The summed E-state index contributed by atoms with van der Waals surface area (Å²) in [6, 6.07) is 1.20. The molecule has 7 nitrogen and oxygen atoms in total. The maximum atomic E-state index is 10.8. The number of nitrogens with one attached hydrogen (secondary N) is 2. The van der Waals surface area contributed by atoms with Crippen molar-refractivity contribution in [2.24, 2.45) is 11.6 Å². The van der Waals surface area contributed by atoms with Gasteiger partial charge in [-0.25, -0.2) is 10.8 Å². The van der Waals surface area contributed by atoms with E-state index in [4.69, 9.17) is 11.6 Å². The third kappa shape index (κ3) is 3.06. The molecular formula is C8H14N6O. The molecule has 82 valence electrons. The van der Waals surface area contributed by atoms with Crippen molar-refractivity contribution in [2.45, 2.75) is 19.9 Å². The number of hydrazine groups is 1. The van der Waals surface area contributed by atoms with Crippen molar-refractivity contribution in [2.75, 3.05) is 10.7 Å². The van der Waals surface area contributed by atoms with Gasteiger partial charge in [-0.3, -0.25) is 10.2 Å². The van der Waals surface area contributed by atoms with Crippen LogP contribution in [0.25, 0.3) is 0 Å². The summed E-state index contributed by atoms with van der Waals surface area (Å²) in [5.41, 5.74) is 8.17. The van der Waals surface area contributed by atoms with E-state index in [0.717, 1.165) is 5.69 Å². The zero-order valence-corrected chi connectivity index (χ0v) is 8.61. The molecule has 0 saturated carbocycles. The molecule has 0 spiro atoms. The molecular weight excluding hydrogens is 196 g/mol. The Labute approximate surface area is 87.2 Å². The standard InChI is InChI=1S/C8H14N6O/c1-4-3-6(12-5(2)7(9)15)13-8(11-4)14-10/h3,5H,10H2,1-2H3,(H2,9,15)(H2,11,12,13,14). The molecule has 1 heterocycles. The van der Waals surface area contributed by atoms with Crippen LogP contribution in [-0.2, 0) is 4.79 Å². The summed E-state index contributed by atoms with van der Waals surface area (Å²) >= 11 is 0. The van der Waals surface area contributed by atoms with E-state index in [0.29, 0.717) is 5.82 Å². The fourth-order valence-corrected chi connectivity index (χ4v) is 1.000. The van der Waals surface area contributed by atoms with Gasteiger partial charge in [-0.15, -0.1) is 0 Å². The predicted molar refractivity (Wildman–Crippen MR) is 56.9 cm³/mol. The van der Waals surface area contributed by atoms with Gasteiger partial charge in [0.05, 0.1) is 0 Å². The number of hydrogen-bond acceptors (Lipinski definition) is 6. The monoisotopic (exact) mass is 210 g/mol. The van der Waals surface area contributed by atoms with Crippen LogP contribution >= 0.6 is 0 Å². The highest BCUT2D eigenvalue weighted by molar-refractivity contribution is 5.82. The lowest BCUT2D eigenvalue weighted by Gasteiger charge is -2.11. The molecule has 1 aromatic rings. The van der Waals surface area contributed by atoms with Crippen LogP contribution in [0.2, 0.25) is 0 Å². The SMILES string of the molecule is Cc1cc(NC(C)C(N)=O)nc(NN)n1. The van der Waals surface area contributed by atoms with E-state index in [-0.39, 0.29) is 5.95 Å². The largest absolute Gasteiger partial charge is 0.368 e. The first-order valence-electron chi connectivity index (χ1n) is 4.41. The van der Waals surface area contributed by atoms with Crippen LogP contribution in [0, 0.1) is 6.92 Å². The van der Waals surface area contributed by atoms with Gasteiger partial charge in [0, 0.05) is 11.8 Å². The van der Waals surface area contributed by atoms with Gasteiger partial charge in [0.25, 0.3) is 0 Å². The summed E-state index contributed by atoms with van der Waals surface area (Å²) in [4.78, 5) is 18.8. The smallest absolute Gasteiger partial charge is 0.239 e. The highest BCUT2D eigenvalue weighted by atomic mass is 16.1. The number of anilines is 2. The summed E-state index contributed by atoms with van der Waals surface area (Å²) in [6.45, 7) is 3.44. The Balaban J connectivity index is 2.85. The van der Waals surface area contributed by atoms with Crippen LogP contribution in [0.4, 0.5) is 11.8 Å². The lowest BCUT2D eigenvalue weighted by Crippen LogP contribution is -2.32. The number of nitrogens with zero attached hydrogens (tertiary/aromatic N) is 2. The molecule has 1 atom stereocenters. The molecule has 1 unspecified atom stereocenters. The Bertz CT molecular complexity index is 366. The van der Waals surface area contributed by atoms with E-state index >= 15 is 0 Å². The van der Waals surface area contributed by atoms with Crippen LogP contribution in [0.1, 0.15) is 12.6 Å². The van der Waals surface area contributed by atoms with E-state index in [1.54, 1.807) is 19.9 Å². The van der Waals surface area contributed by atoms with Gasteiger partial charge in [0.2, 0.25) is 11.9 Å². The molecule has 0 bridgehead atoms. The van der Waals surface area contributed by atoms with Crippen molar-refractivity contribution in [3.05, 3.63) is 11.8 Å². The fraction of sp³-hybridized carbons (Fsp3) is 0.375. The fourth-order valence-electron chi connectivity index (χ4n) is 1.000. The number of nitrogens with two attached hydrogens (primary N) is 2. The van der Waals surface area contributed by atoms with Crippen LogP contribution in [0.15, 0.2) is 6.07 Å². The maximum Gasteiger partial charge on any atom is 0.239 e. The number of primary amides is 1. The Morgan fingerprint density at radius 2 is 2.20 bits per heavy atom. The summed E-state index contributed by atoms with van der Waals surface area (Å²) in [6.07, 6.45) is 0. The van der Waals surface area contributed by atoms with Gasteiger partial charge in [0.15, 0.2) is 0 Å². The second kappa shape index (κ2) is 4.56. The topological polar surface area (TPSA) is 119 Å². The molecule has 1 amide bonds. The van der Waals surface area contributed by atoms with Crippen molar-refractivity contribution >= 4 is 17.7 Å². The third-order valence-electron chi connectivity index (χ3n) is 1.77. The van der Waals surface area contributed by atoms with Gasteiger partial charge in [-0.1, -0.05) is 0 Å². The number of hydrogen-bond donors (Lipinski definition) is 4. The summed E-state index contributed by atoms with van der Waals surface area (Å²) in [5.74, 6) is 5.52. The summed E-state index contributed by atoms with van der Waals surface area (Å²) < 4.78 is 0. The minimum Gasteiger partial charge on any atom is -0.368 e. The highest BCUT2D eigenvalue weighted by Gasteiger charge is 2.09. The molecule has 0 aliphatic carbocycles. The molecule has 0 aliphatic heterocycles. The first-order chi connectivity index (χ1) is 7.02. The van der Waals surface area contributed by atoms with Gasteiger partial charge in [-0.2, -0.15) is 4.98 Å². The quantitative estimate of drug-likeness (QED) is 0.387. The predicted octanol–water partition coefficient (Wildman–Crippen LogP) is -0.644. The first kappa shape index (κ1) is 11.2. The number of aryl methyl sites for hydroxylation is 1.